The van der Waals surface area contributed by atoms with Crippen molar-refractivity contribution < 1.29 is 13.6 Å². The molecule has 5 aromatic rings. The molecule has 0 radical (unpaired) electrons. The molecule has 0 saturated carbocycles. The molecule has 0 saturated heterocycles. The zero-order valence-corrected chi connectivity index (χ0v) is 30.9. The Morgan fingerprint density at radius 1 is 1.02 bits per heavy atom. The number of aryl methyl sites for hydroxylation is 1. The number of nitrogens with zero attached hydrogens (tertiary/aromatic N) is 3. The van der Waals surface area contributed by atoms with Crippen LogP contribution < -0.4 is 9.75 Å². The summed E-state index contributed by atoms with van der Waals surface area (Å²) in [6, 6.07) is 20.7. The number of hydrogen-bond acceptors (Lipinski definition) is 2. The second kappa shape index (κ2) is 12.4. The summed E-state index contributed by atoms with van der Waals surface area (Å²) < 4.78 is 11.7. The highest BCUT2D eigenvalue weighted by atomic mass is 28.3. The molecule has 4 nitrogen and oxygen atoms in total. The normalized spacial score (nSPS) is 18.2. The van der Waals surface area contributed by atoms with Crippen LogP contribution in [0.15, 0.2) is 96.3 Å². The molecule has 5 heterocycles. The summed E-state index contributed by atoms with van der Waals surface area (Å²) in [7, 11) is -1.64. The van der Waals surface area contributed by atoms with Crippen LogP contribution in [0.4, 0.5) is 0 Å². The van der Waals surface area contributed by atoms with Gasteiger partial charge in [-0.3, -0.25) is 0 Å². The summed E-state index contributed by atoms with van der Waals surface area (Å²) >= 11 is 0. The second-order valence-electron chi connectivity index (χ2n) is 15.8. The molecule has 7 rings (SSSR count). The summed E-state index contributed by atoms with van der Waals surface area (Å²) in [5, 5.41) is 3.73. The molecule has 5 heteroatoms. The van der Waals surface area contributed by atoms with Crippen molar-refractivity contribution in [2.45, 2.75) is 90.9 Å². The first-order valence-electron chi connectivity index (χ1n) is 17.9. The predicted octanol–water partition coefficient (Wildman–Crippen LogP) is 9.83. The van der Waals surface area contributed by atoms with Gasteiger partial charge in [-0.15, -0.1) is 0 Å². The van der Waals surface area contributed by atoms with E-state index in [0.717, 1.165) is 65.6 Å². The van der Waals surface area contributed by atoms with Crippen molar-refractivity contribution in [2.75, 3.05) is 6.54 Å². The zero-order chi connectivity index (χ0) is 33.9. The van der Waals surface area contributed by atoms with Gasteiger partial charge in [-0.2, -0.15) is 9.14 Å². The van der Waals surface area contributed by atoms with Gasteiger partial charge in [-0.05, 0) is 66.1 Å². The average Bonchev–Trinajstić information content (AvgIpc) is 3.44. The number of benzene rings is 2. The number of aromatic nitrogens is 2. The maximum absolute atomic E-state index is 6.61. The third kappa shape index (κ3) is 5.50. The Hall–Kier alpha value is -4.09. The van der Waals surface area contributed by atoms with E-state index >= 15 is 0 Å². The van der Waals surface area contributed by atoms with Crippen molar-refractivity contribution >= 4 is 41.0 Å². The monoisotopic (exact) mass is 653 g/mol. The van der Waals surface area contributed by atoms with Crippen LogP contribution in [0.25, 0.3) is 33.3 Å². The molecule has 2 aromatic carbocycles. The average molecular weight is 654 g/mol. The molecule has 3 aromatic heterocycles. The molecule has 2 aliphatic heterocycles. The van der Waals surface area contributed by atoms with Crippen molar-refractivity contribution in [3.05, 3.63) is 114 Å². The highest BCUT2D eigenvalue weighted by Gasteiger charge is 2.44. The summed E-state index contributed by atoms with van der Waals surface area (Å²) in [6.45, 7) is 27.0. The van der Waals surface area contributed by atoms with Gasteiger partial charge in [0, 0.05) is 52.2 Å². The van der Waals surface area contributed by atoms with Gasteiger partial charge in [-0.1, -0.05) is 84.2 Å². The lowest BCUT2D eigenvalue weighted by molar-refractivity contribution is -0.719. The highest BCUT2D eigenvalue weighted by Crippen LogP contribution is 2.45. The van der Waals surface area contributed by atoms with Crippen LogP contribution in [0.3, 0.4) is 0 Å². The Morgan fingerprint density at radius 3 is 2.54 bits per heavy atom. The minimum atomic E-state index is -1.64. The van der Waals surface area contributed by atoms with Crippen molar-refractivity contribution in [2.24, 2.45) is 5.92 Å². The third-order valence-electron chi connectivity index (χ3n) is 10.8. The van der Waals surface area contributed by atoms with E-state index in [9.17, 15) is 0 Å². The third-order valence-corrected chi connectivity index (χ3v) is 12.8. The molecule has 2 atom stereocenters. The Balaban J connectivity index is 1.49. The SMILES string of the molecule is C=CC1=[N+](CCC(C)C)C(=C)CC2C(CCc3ccc4c(oc5ncccc54)c31)c1ccccc1-c1cc(C(C)C)c([Si](C)(C)C)c[n+]12. The summed E-state index contributed by atoms with van der Waals surface area (Å²) in [4.78, 5) is 4.60. The molecule has 0 spiro atoms. The number of allylic oxidation sites excluding steroid dienone is 2. The van der Waals surface area contributed by atoms with E-state index in [1.807, 2.05) is 18.3 Å². The predicted molar refractivity (Wildman–Crippen MR) is 203 cm³/mol. The summed E-state index contributed by atoms with van der Waals surface area (Å²) in [6.07, 6.45) is 10.3. The Morgan fingerprint density at radius 2 is 1.81 bits per heavy atom. The van der Waals surface area contributed by atoms with Crippen molar-refractivity contribution in [1.29, 1.82) is 0 Å². The van der Waals surface area contributed by atoms with E-state index in [2.05, 4.69) is 123 Å². The first-order valence-corrected chi connectivity index (χ1v) is 21.4. The van der Waals surface area contributed by atoms with E-state index in [-0.39, 0.29) is 6.04 Å². The van der Waals surface area contributed by atoms with Crippen LogP contribution in [-0.2, 0) is 6.42 Å². The van der Waals surface area contributed by atoms with Crippen LogP contribution in [0.1, 0.15) is 87.1 Å². The van der Waals surface area contributed by atoms with Gasteiger partial charge < -0.3 is 4.42 Å². The second-order valence-corrected chi connectivity index (χ2v) is 20.8. The highest BCUT2D eigenvalue weighted by molar-refractivity contribution is 6.89. The van der Waals surface area contributed by atoms with Gasteiger partial charge in [0.1, 0.15) is 6.54 Å². The molecule has 0 bridgehead atoms. The maximum atomic E-state index is 6.61. The minimum absolute atomic E-state index is 0.256. The smallest absolute Gasteiger partial charge is 0.227 e. The molecule has 48 heavy (non-hydrogen) atoms. The number of hydrogen-bond donors (Lipinski definition) is 0. The molecular formula is C43H51N3OSi+2. The van der Waals surface area contributed by atoms with E-state index < -0.39 is 8.07 Å². The lowest BCUT2D eigenvalue weighted by Gasteiger charge is -2.33. The minimum Gasteiger partial charge on any atom is -0.437 e. The molecule has 0 aliphatic carbocycles. The molecule has 0 amide bonds. The largest absolute Gasteiger partial charge is 0.437 e. The van der Waals surface area contributed by atoms with Crippen LogP contribution in [0, 0.1) is 5.92 Å². The first-order chi connectivity index (χ1) is 23.0. The fraction of sp³-hybridized carbons (Fsp3) is 0.372. The van der Waals surface area contributed by atoms with Crippen molar-refractivity contribution in [1.82, 2.24) is 4.98 Å². The zero-order valence-electron chi connectivity index (χ0n) is 29.9. The summed E-state index contributed by atoms with van der Waals surface area (Å²) in [5.41, 5.74) is 11.9. The quantitative estimate of drug-likeness (QED) is 0.135. The lowest BCUT2D eigenvalue weighted by Crippen LogP contribution is -2.54. The van der Waals surface area contributed by atoms with Crippen molar-refractivity contribution in [3.8, 4) is 11.3 Å². The van der Waals surface area contributed by atoms with E-state index in [4.69, 9.17) is 11.0 Å². The van der Waals surface area contributed by atoms with Gasteiger partial charge in [0.2, 0.25) is 17.1 Å². The molecule has 0 N–H and O–H groups in total. The lowest BCUT2D eigenvalue weighted by atomic mass is 9.77. The van der Waals surface area contributed by atoms with E-state index in [0.29, 0.717) is 23.5 Å². The van der Waals surface area contributed by atoms with Gasteiger partial charge >= 0.3 is 0 Å². The van der Waals surface area contributed by atoms with Crippen LogP contribution in [0.2, 0.25) is 19.6 Å². The fourth-order valence-corrected chi connectivity index (χ4v) is 10.0. The Kier molecular flexibility index (Phi) is 8.39. The van der Waals surface area contributed by atoms with Gasteiger partial charge in [0.25, 0.3) is 0 Å². The Bertz CT molecular complexity index is 2110. The number of pyridine rings is 2. The molecule has 2 unspecified atom stereocenters. The van der Waals surface area contributed by atoms with Crippen LogP contribution >= 0.6 is 0 Å². The molecule has 2 aliphatic rings. The standard InChI is InChI=1S/C43H51N3OSi/c1-10-37-41-30(18-20-34-35-16-13-22-44-43(35)47-42(34)41)17-19-33-31-14-11-12-15-32(31)39-25-36(28(4)5)40(48(7,8)9)26-46(39)38(33)24-29(6)45(37)23-21-27(2)3/h10-16,18,20,22,25-28,33,38H,1,6,17,19,21,23-24H2,2-5,7-9H3/q+2. The number of furan rings is 1. The first kappa shape index (κ1) is 32.5. The van der Waals surface area contributed by atoms with Gasteiger partial charge in [-0.25, -0.2) is 4.98 Å². The number of rotatable bonds is 6. The van der Waals surface area contributed by atoms with E-state index in [1.165, 1.54) is 27.9 Å². The topological polar surface area (TPSA) is 32.9 Å². The van der Waals surface area contributed by atoms with Crippen LogP contribution in [0.5, 0.6) is 0 Å². The van der Waals surface area contributed by atoms with Gasteiger partial charge in [0.15, 0.2) is 23.5 Å². The summed E-state index contributed by atoms with van der Waals surface area (Å²) in [5.74, 6) is 1.37. The van der Waals surface area contributed by atoms with Gasteiger partial charge in [0.05, 0.1) is 20.1 Å². The Labute approximate surface area is 287 Å². The van der Waals surface area contributed by atoms with Crippen molar-refractivity contribution in [3.63, 3.8) is 0 Å². The molecular weight excluding hydrogens is 603 g/mol. The number of fused-ring (bicyclic) bond motifs is 11. The maximum Gasteiger partial charge on any atom is 0.227 e. The molecule has 0 fully saturated rings. The molecule has 246 valence electrons. The van der Waals surface area contributed by atoms with Crippen LogP contribution in [-0.4, -0.2) is 29.9 Å². The van der Waals surface area contributed by atoms with E-state index in [1.54, 1.807) is 5.19 Å². The fourth-order valence-electron chi connectivity index (χ4n) is 8.27.